The standard InChI is InChI=1S/C18H21F3N2O2/c19-18(20,21)14-6-5-7-15(11-14)23-12-13(10-16(23)24)17(25)22-8-3-1-2-4-9-22/h5-7,11,13H,1-4,8-10,12H2. The van der Waals surface area contributed by atoms with E-state index in [1.54, 1.807) is 4.90 Å². The number of halogens is 3. The molecule has 0 bridgehead atoms. The first kappa shape index (κ1) is 17.8. The highest BCUT2D eigenvalue weighted by molar-refractivity contribution is 6.00. The first-order valence-corrected chi connectivity index (χ1v) is 8.62. The molecule has 0 spiro atoms. The number of alkyl halides is 3. The fraction of sp³-hybridized carbons (Fsp3) is 0.556. The lowest BCUT2D eigenvalue weighted by Crippen LogP contribution is -2.38. The number of nitrogens with zero attached hydrogens (tertiary/aromatic N) is 2. The van der Waals surface area contributed by atoms with Crippen LogP contribution < -0.4 is 4.90 Å². The van der Waals surface area contributed by atoms with Crippen LogP contribution in [0.3, 0.4) is 0 Å². The van der Waals surface area contributed by atoms with E-state index in [1.165, 1.54) is 17.0 Å². The topological polar surface area (TPSA) is 40.6 Å². The van der Waals surface area contributed by atoms with Gasteiger partial charge in [-0.05, 0) is 31.0 Å². The van der Waals surface area contributed by atoms with Crippen molar-refractivity contribution in [3.8, 4) is 0 Å². The third kappa shape index (κ3) is 3.96. The van der Waals surface area contributed by atoms with Gasteiger partial charge >= 0.3 is 6.18 Å². The van der Waals surface area contributed by atoms with Crippen molar-refractivity contribution in [2.45, 2.75) is 38.3 Å². The van der Waals surface area contributed by atoms with Crippen molar-refractivity contribution in [1.29, 1.82) is 0 Å². The summed E-state index contributed by atoms with van der Waals surface area (Å²) in [5, 5.41) is 0. The maximum absolute atomic E-state index is 12.9. The molecular weight excluding hydrogens is 333 g/mol. The summed E-state index contributed by atoms with van der Waals surface area (Å²) in [5.41, 5.74) is -0.592. The largest absolute Gasteiger partial charge is 0.416 e. The zero-order chi connectivity index (χ0) is 18.0. The molecule has 3 rings (SSSR count). The van der Waals surface area contributed by atoms with Crippen LogP contribution in [-0.2, 0) is 15.8 Å². The Kier molecular flexibility index (Phi) is 5.01. The van der Waals surface area contributed by atoms with Crippen molar-refractivity contribution in [2.75, 3.05) is 24.5 Å². The van der Waals surface area contributed by atoms with Crippen LogP contribution in [-0.4, -0.2) is 36.3 Å². The van der Waals surface area contributed by atoms with E-state index in [4.69, 9.17) is 0 Å². The number of likely N-dealkylation sites (tertiary alicyclic amines) is 1. The van der Waals surface area contributed by atoms with Gasteiger partial charge in [0.15, 0.2) is 0 Å². The number of carbonyl (C=O) groups is 2. The van der Waals surface area contributed by atoms with Crippen LogP contribution in [0.1, 0.15) is 37.7 Å². The van der Waals surface area contributed by atoms with Gasteiger partial charge in [-0.1, -0.05) is 18.9 Å². The van der Waals surface area contributed by atoms with Crippen LogP contribution >= 0.6 is 0 Å². The van der Waals surface area contributed by atoms with Crippen LogP contribution in [0.2, 0.25) is 0 Å². The Balaban J connectivity index is 1.73. The van der Waals surface area contributed by atoms with Gasteiger partial charge in [0.05, 0.1) is 11.5 Å². The third-order valence-corrected chi connectivity index (χ3v) is 4.88. The molecule has 4 nitrogen and oxygen atoms in total. The second-order valence-electron chi connectivity index (χ2n) is 6.69. The molecule has 2 saturated heterocycles. The van der Waals surface area contributed by atoms with Crippen molar-refractivity contribution in [2.24, 2.45) is 5.92 Å². The van der Waals surface area contributed by atoms with Crippen LogP contribution in [0.25, 0.3) is 0 Å². The Labute approximate surface area is 144 Å². The Morgan fingerprint density at radius 3 is 2.40 bits per heavy atom. The molecule has 2 aliphatic heterocycles. The van der Waals surface area contributed by atoms with E-state index in [9.17, 15) is 22.8 Å². The first-order valence-electron chi connectivity index (χ1n) is 8.62. The summed E-state index contributed by atoms with van der Waals surface area (Å²) in [5.74, 6) is -0.822. The molecule has 1 aromatic carbocycles. The van der Waals surface area contributed by atoms with Gasteiger partial charge in [-0.3, -0.25) is 9.59 Å². The maximum atomic E-state index is 12.9. The number of amides is 2. The zero-order valence-electron chi connectivity index (χ0n) is 13.9. The fourth-order valence-corrected chi connectivity index (χ4v) is 3.52. The monoisotopic (exact) mass is 354 g/mol. The molecule has 136 valence electrons. The van der Waals surface area contributed by atoms with Crippen LogP contribution in [0, 0.1) is 5.92 Å². The molecule has 7 heteroatoms. The molecule has 2 fully saturated rings. The van der Waals surface area contributed by atoms with E-state index in [0.717, 1.165) is 37.8 Å². The van der Waals surface area contributed by atoms with Crippen molar-refractivity contribution in [3.05, 3.63) is 29.8 Å². The van der Waals surface area contributed by atoms with Gasteiger partial charge in [-0.25, -0.2) is 0 Å². The highest BCUT2D eigenvalue weighted by Crippen LogP contribution is 2.33. The molecule has 2 heterocycles. The summed E-state index contributed by atoms with van der Waals surface area (Å²) in [6.45, 7) is 1.55. The number of hydrogen-bond acceptors (Lipinski definition) is 2. The minimum Gasteiger partial charge on any atom is -0.342 e. The predicted molar refractivity (Wildman–Crippen MR) is 87.0 cm³/mol. The molecule has 0 radical (unpaired) electrons. The first-order chi connectivity index (χ1) is 11.9. The molecule has 25 heavy (non-hydrogen) atoms. The summed E-state index contributed by atoms with van der Waals surface area (Å²) >= 11 is 0. The molecule has 1 atom stereocenters. The quantitative estimate of drug-likeness (QED) is 0.816. The summed E-state index contributed by atoms with van der Waals surface area (Å²) in [7, 11) is 0. The highest BCUT2D eigenvalue weighted by Gasteiger charge is 2.38. The van der Waals surface area contributed by atoms with E-state index in [-0.39, 0.29) is 30.5 Å². The number of rotatable bonds is 2. The van der Waals surface area contributed by atoms with E-state index < -0.39 is 17.7 Å². The zero-order valence-corrected chi connectivity index (χ0v) is 13.9. The molecule has 0 N–H and O–H groups in total. The maximum Gasteiger partial charge on any atom is 0.416 e. The molecule has 0 aliphatic carbocycles. The summed E-state index contributed by atoms with van der Waals surface area (Å²) < 4.78 is 38.6. The number of benzene rings is 1. The Morgan fingerprint density at radius 2 is 1.76 bits per heavy atom. The number of carbonyl (C=O) groups excluding carboxylic acids is 2. The molecular formula is C18H21F3N2O2. The SMILES string of the molecule is O=C(C1CC(=O)N(c2cccc(C(F)(F)F)c2)C1)N1CCCCCC1. The van der Waals surface area contributed by atoms with Crippen LogP contribution in [0.5, 0.6) is 0 Å². The van der Waals surface area contributed by atoms with Gasteiger partial charge in [0.25, 0.3) is 0 Å². The van der Waals surface area contributed by atoms with Gasteiger partial charge in [-0.2, -0.15) is 13.2 Å². The third-order valence-electron chi connectivity index (χ3n) is 4.88. The van der Waals surface area contributed by atoms with Crippen molar-refractivity contribution >= 4 is 17.5 Å². The van der Waals surface area contributed by atoms with Crippen LogP contribution in [0.15, 0.2) is 24.3 Å². The van der Waals surface area contributed by atoms with Gasteiger partial charge in [-0.15, -0.1) is 0 Å². The molecule has 0 aromatic heterocycles. The number of hydrogen-bond donors (Lipinski definition) is 0. The lowest BCUT2D eigenvalue weighted by Gasteiger charge is -2.24. The van der Waals surface area contributed by atoms with E-state index in [1.807, 2.05) is 0 Å². The van der Waals surface area contributed by atoms with Gasteiger partial charge in [0.2, 0.25) is 11.8 Å². The molecule has 2 amide bonds. The van der Waals surface area contributed by atoms with E-state index >= 15 is 0 Å². The summed E-state index contributed by atoms with van der Waals surface area (Å²) in [6, 6.07) is 4.71. The highest BCUT2D eigenvalue weighted by atomic mass is 19.4. The Hall–Kier alpha value is -2.05. The smallest absolute Gasteiger partial charge is 0.342 e. The van der Waals surface area contributed by atoms with Crippen LogP contribution in [0.4, 0.5) is 18.9 Å². The van der Waals surface area contributed by atoms with Crippen molar-refractivity contribution in [1.82, 2.24) is 4.90 Å². The molecule has 1 unspecified atom stereocenters. The van der Waals surface area contributed by atoms with Gasteiger partial charge in [0.1, 0.15) is 0 Å². The lowest BCUT2D eigenvalue weighted by molar-refractivity contribution is -0.137. The van der Waals surface area contributed by atoms with Crippen molar-refractivity contribution < 1.29 is 22.8 Å². The van der Waals surface area contributed by atoms with E-state index in [2.05, 4.69) is 0 Å². The van der Waals surface area contributed by atoms with E-state index in [0.29, 0.717) is 13.1 Å². The molecule has 1 aromatic rings. The Morgan fingerprint density at radius 1 is 1.08 bits per heavy atom. The molecule has 0 saturated carbocycles. The number of anilines is 1. The lowest BCUT2D eigenvalue weighted by atomic mass is 10.1. The van der Waals surface area contributed by atoms with Gasteiger partial charge < -0.3 is 9.80 Å². The normalized spacial score (nSPS) is 22.2. The Bertz CT molecular complexity index is 652. The predicted octanol–water partition coefficient (Wildman–Crippen LogP) is 3.46. The average Bonchev–Trinajstić information content (AvgIpc) is 2.79. The summed E-state index contributed by atoms with van der Waals surface area (Å²) in [4.78, 5) is 28.1. The average molecular weight is 354 g/mol. The second kappa shape index (κ2) is 7.06. The fourth-order valence-electron chi connectivity index (χ4n) is 3.52. The van der Waals surface area contributed by atoms with Gasteiger partial charge in [0, 0.05) is 31.7 Å². The second-order valence-corrected chi connectivity index (χ2v) is 6.69. The van der Waals surface area contributed by atoms with Crippen molar-refractivity contribution in [3.63, 3.8) is 0 Å². The molecule has 2 aliphatic rings. The summed E-state index contributed by atoms with van der Waals surface area (Å²) in [6.07, 6.45) is -0.271. The minimum atomic E-state index is -4.46. The minimum absolute atomic E-state index is 0.0512.